The van der Waals surface area contributed by atoms with Gasteiger partial charge >= 0.3 is 6.09 Å². The van der Waals surface area contributed by atoms with Gasteiger partial charge in [-0.05, 0) is 33.6 Å². The van der Waals surface area contributed by atoms with Gasteiger partial charge in [0.1, 0.15) is 5.60 Å². The van der Waals surface area contributed by atoms with Gasteiger partial charge in [0, 0.05) is 32.2 Å². The van der Waals surface area contributed by atoms with Gasteiger partial charge in [0.2, 0.25) is 0 Å². The highest BCUT2D eigenvalue weighted by Gasteiger charge is 2.29. The van der Waals surface area contributed by atoms with Crippen LogP contribution in [0.4, 0.5) is 16.3 Å². The minimum absolute atomic E-state index is 0.163. The average molecular weight is 336 g/mol. The largest absolute Gasteiger partial charge is 0.493 e. The first-order valence-corrected chi connectivity index (χ1v) is 8.21. The lowest BCUT2D eigenvalue weighted by Gasteiger charge is -2.38. The molecule has 24 heavy (non-hydrogen) atoms. The fraction of sp³-hybridized carbons (Fsp3) is 0.647. The van der Waals surface area contributed by atoms with E-state index in [1.54, 1.807) is 31.3 Å². The minimum Gasteiger partial charge on any atom is -0.493 e. The third kappa shape index (κ3) is 4.43. The van der Waals surface area contributed by atoms with Crippen molar-refractivity contribution < 1.29 is 14.3 Å². The molecular weight excluding hydrogens is 308 g/mol. The Morgan fingerprint density at radius 1 is 1.38 bits per heavy atom. The third-order valence-corrected chi connectivity index (χ3v) is 4.07. The Bertz CT molecular complexity index is 578. The molecule has 1 aliphatic rings. The predicted molar refractivity (Wildman–Crippen MR) is 94.4 cm³/mol. The van der Waals surface area contributed by atoms with Gasteiger partial charge in [-0.2, -0.15) is 0 Å². The molecule has 1 aromatic rings. The molecule has 0 unspecified atom stereocenters. The Morgan fingerprint density at radius 3 is 2.54 bits per heavy atom. The summed E-state index contributed by atoms with van der Waals surface area (Å²) in [6.45, 7) is 7.22. The van der Waals surface area contributed by atoms with Crippen LogP contribution in [-0.2, 0) is 4.74 Å². The third-order valence-electron chi connectivity index (χ3n) is 4.07. The van der Waals surface area contributed by atoms with Crippen LogP contribution >= 0.6 is 0 Å². The van der Waals surface area contributed by atoms with Gasteiger partial charge < -0.3 is 25.0 Å². The van der Waals surface area contributed by atoms with E-state index in [0.29, 0.717) is 11.4 Å². The molecule has 0 aliphatic carbocycles. The second kappa shape index (κ2) is 7.15. The monoisotopic (exact) mass is 336 g/mol. The summed E-state index contributed by atoms with van der Waals surface area (Å²) < 4.78 is 10.8. The molecule has 0 radical (unpaired) electrons. The number of amides is 1. The Hall–Kier alpha value is -2.18. The van der Waals surface area contributed by atoms with Crippen molar-refractivity contribution in [3.63, 3.8) is 0 Å². The van der Waals surface area contributed by atoms with E-state index in [1.807, 2.05) is 20.8 Å². The zero-order valence-electron chi connectivity index (χ0n) is 15.2. The number of carbonyl (C=O) groups excluding carboxylic acids is 1. The van der Waals surface area contributed by atoms with Gasteiger partial charge in [-0.3, -0.25) is 0 Å². The molecule has 1 amide bonds. The molecule has 0 bridgehead atoms. The fourth-order valence-corrected chi connectivity index (χ4v) is 2.79. The predicted octanol–water partition coefficient (Wildman–Crippen LogP) is 2.51. The van der Waals surface area contributed by atoms with Crippen molar-refractivity contribution in [3.05, 3.63) is 12.3 Å². The Morgan fingerprint density at radius 2 is 2.00 bits per heavy atom. The maximum absolute atomic E-state index is 12.2. The van der Waals surface area contributed by atoms with E-state index in [1.165, 1.54) is 0 Å². The molecule has 2 rings (SSSR count). The number of rotatable bonds is 3. The summed E-state index contributed by atoms with van der Waals surface area (Å²) in [4.78, 5) is 20.5. The zero-order chi connectivity index (χ0) is 17.9. The second-order valence-corrected chi connectivity index (χ2v) is 7.10. The van der Waals surface area contributed by atoms with E-state index in [-0.39, 0.29) is 12.1 Å². The molecule has 2 heterocycles. The van der Waals surface area contributed by atoms with Crippen LogP contribution in [0.2, 0.25) is 0 Å². The zero-order valence-corrected chi connectivity index (χ0v) is 15.2. The SMILES string of the molecule is COc1cc(N)cnc1N1CCC(N(C)C(=O)OC(C)(C)C)CC1. The quantitative estimate of drug-likeness (QED) is 0.913. The van der Waals surface area contributed by atoms with Crippen molar-refractivity contribution in [2.45, 2.75) is 45.3 Å². The molecule has 1 aromatic heterocycles. The molecule has 0 saturated carbocycles. The van der Waals surface area contributed by atoms with Gasteiger partial charge in [0.25, 0.3) is 0 Å². The van der Waals surface area contributed by atoms with E-state index in [4.69, 9.17) is 15.2 Å². The topological polar surface area (TPSA) is 80.9 Å². The van der Waals surface area contributed by atoms with Crippen LogP contribution in [-0.4, -0.2) is 54.9 Å². The second-order valence-electron chi connectivity index (χ2n) is 7.10. The van der Waals surface area contributed by atoms with Crippen LogP contribution in [0.1, 0.15) is 33.6 Å². The number of hydrogen-bond donors (Lipinski definition) is 1. The van der Waals surface area contributed by atoms with Crippen LogP contribution in [0.25, 0.3) is 0 Å². The number of aromatic nitrogens is 1. The number of piperidine rings is 1. The highest BCUT2D eigenvalue weighted by Crippen LogP contribution is 2.30. The van der Waals surface area contributed by atoms with E-state index in [2.05, 4.69) is 9.88 Å². The Balaban J connectivity index is 1.97. The molecule has 1 saturated heterocycles. The fourth-order valence-electron chi connectivity index (χ4n) is 2.79. The van der Waals surface area contributed by atoms with E-state index >= 15 is 0 Å². The summed E-state index contributed by atoms with van der Waals surface area (Å²) in [7, 11) is 3.42. The maximum Gasteiger partial charge on any atom is 0.410 e. The number of nitrogen functional groups attached to an aromatic ring is 1. The smallest absolute Gasteiger partial charge is 0.410 e. The van der Waals surface area contributed by atoms with Crippen LogP contribution < -0.4 is 15.4 Å². The number of pyridine rings is 1. The summed E-state index contributed by atoms with van der Waals surface area (Å²) in [5.74, 6) is 1.47. The van der Waals surface area contributed by atoms with Gasteiger partial charge in [-0.1, -0.05) is 0 Å². The molecule has 2 N–H and O–H groups in total. The lowest BCUT2D eigenvalue weighted by molar-refractivity contribution is 0.0200. The van der Waals surface area contributed by atoms with E-state index in [0.717, 1.165) is 31.7 Å². The van der Waals surface area contributed by atoms with Crippen molar-refractivity contribution in [3.8, 4) is 5.75 Å². The maximum atomic E-state index is 12.2. The first kappa shape index (κ1) is 18.2. The summed E-state index contributed by atoms with van der Waals surface area (Å²) in [5, 5.41) is 0. The molecule has 0 spiro atoms. The normalized spacial score (nSPS) is 16.0. The first-order valence-electron chi connectivity index (χ1n) is 8.21. The number of nitrogens with zero attached hydrogens (tertiary/aromatic N) is 3. The molecule has 1 fully saturated rings. The highest BCUT2D eigenvalue weighted by molar-refractivity contribution is 5.68. The Labute approximate surface area is 143 Å². The van der Waals surface area contributed by atoms with Crippen molar-refractivity contribution in [1.29, 1.82) is 0 Å². The molecule has 0 aromatic carbocycles. The van der Waals surface area contributed by atoms with Crippen molar-refractivity contribution in [2.75, 3.05) is 37.9 Å². The molecule has 134 valence electrons. The summed E-state index contributed by atoms with van der Waals surface area (Å²) >= 11 is 0. The minimum atomic E-state index is -0.479. The van der Waals surface area contributed by atoms with Crippen LogP contribution in [0.3, 0.4) is 0 Å². The molecule has 7 heteroatoms. The average Bonchev–Trinajstić information content (AvgIpc) is 2.52. The number of nitrogens with two attached hydrogens (primary N) is 1. The van der Waals surface area contributed by atoms with E-state index in [9.17, 15) is 4.79 Å². The van der Waals surface area contributed by atoms with Crippen molar-refractivity contribution in [2.24, 2.45) is 0 Å². The molecule has 7 nitrogen and oxygen atoms in total. The lowest BCUT2D eigenvalue weighted by Crippen LogP contribution is -2.47. The van der Waals surface area contributed by atoms with Crippen LogP contribution in [0.5, 0.6) is 5.75 Å². The van der Waals surface area contributed by atoms with Crippen LogP contribution in [0, 0.1) is 0 Å². The molecular formula is C17H28N4O3. The summed E-state index contributed by atoms with van der Waals surface area (Å²) in [6.07, 6.45) is 3.07. The first-order chi connectivity index (χ1) is 11.2. The number of anilines is 2. The highest BCUT2D eigenvalue weighted by atomic mass is 16.6. The van der Waals surface area contributed by atoms with E-state index < -0.39 is 5.60 Å². The Kier molecular flexibility index (Phi) is 5.41. The number of ether oxygens (including phenoxy) is 2. The van der Waals surface area contributed by atoms with Crippen molar-refractivity contribution >= 4 is 17.6 Å². The van der Waals surface area contributed by atoms with Crippen LogP contribution in [0.15, 0.2) is 12.3 Å². The number of methoxy groups -OCH3 is 1. The summed E-state index contributed by atoms with van der Waals surface area (Å²) in [5.41, 5.74) is 5.86. The van der Waals surface area contributed by atoms with Gasteiger partial charge in [0.15, 0.2) is 11.6 Å². The van der Waals surface area contributed by atoms with Crippen molar-refractivity contribution in [1.82, 2.24) is 9.88 Å². The van der Waals surface area contributed by atoms with Gasteiger partial charge in [-0.15, -0.1) is 0 Å². The number of carbonyl (C=O) groups is 1. The number of hydrogen-bond acceptors (Lipinski definition) is 6. The van der Waals surface area contributed by atoms with Gasteiger partial charge in [-0.25, -0.2) is 9.78 Å². The standard InChI is InChI=1S/C17H28N4O3/c1-17(2,3)24-16(22)20(4)13-6-8-21(9-7-13)15-14(23-5)10-12(18)11-19-15/h10-11,13H,6-9,18H2,1-5H3. The molecule has 1 aliphatic heterocycles. The van der Waals surface area contributed by atoms with Gasteiger partial charge in [0.05, 0.1) is 19.0 Å². The lowest BCUT2D eigenvalue weighted by atomic mass is 10.0. The summed E-state index contributed by atoms with van der Waals surface area (Å²) in [6, 6.07) is 1.94. The molecule has 0 atom stereocenters.